The first-order valence-corrected chi connectivity index (χ1v) is 10.4. The second-order valence-corrected chi connectivity index (χ2v) is 8.23. The highest BCUT2D eigenvalue weighted by molar-refractivity contribution is 5.86. The van der Waals surface area contributed by atoms with Crippen molar-refractivity contribution in [3.05, 3.63) is 120 Å². The topological polar surface area (TPSA) is 63.2 Å². The Labute approximate surface area is 189 Å². The second kappa shape index (κ2) is 8.49. The van der Waals surface area contributed by atoms with Crippen molar-refractivity contribution in [1.29, 1.82) is 10.8 Å². The Morgan fingerprint density at radius 1 is 0.938 bits per heavy atom. The molecule has 4 heteroatoms. The molecule has 4 rings (SSSR count). The fourth-order valence-corrected chi connectivity index (χ4v) is 4.26. The number of benzene rings is 3. The Balaban J connectivity index is 1.79. The predicted octanol–water partition coefficient (Wildman–Crippen LogP) is 7.80. The molecule has 0 spiro atoms. The molecule has 3 aromatic carbocycles. The normalized spacial score (nSPS) is 14.4. The summed E-state index contributed by atoms with van der Waals surface area (Å²) >= 11 is 0. The first-order chi connectivity index (χ1) is 15.5. The molecule has 0 saturated heterocycles. The van der Waals surface area contributed by atoms with Crippen LogP contribution in [-0.4, -0.2) is 0 Å². The van der Waals surface area contributed by atoms with Gasteiger partial charge in [0.1, 0.15) is 0 Å². The van der Waals surface area contributed by atoms with Gasteiger partial charge in [0.05, 0.1) is 23.6 Å². The van der Waals surface area contributed by atoms with Crippen molar-refractivity contribution >= 4 is 22.6 Å². The summed E-state index contributed by atoms with van der Waals surface area (Å²) < 4.78 is 0. The summed E-state index contributed by atoms with van der Waals surface area (Å²) in [6.07, 6.45) is 4.85. The van der Waals surface area contributed by atoms with Crippen LogP contribution in [-0.2, 0) is 5.41 Å². The van der Waals surface area contributed by atoms with Crippen LogP contribution in [0.25, 0.3) is 5.57 Å². The van der Waals surface area contributed by atoms with Crippen molar-refractivity contribution in [2.24, 2.45) is 5.11 Å². The fourth-order valence-electron chi connectivity index (χ4n) is 4.26. The number of anilines is 3. The number of nitrogens with one attached hydrogen (secondary N) is 1. The van der Waals surface area contributed by atoms with Crippen LogP contribution in [0.15, 0.2) is 108 Å². The molecular formula is C28H24N4. The molecule has 0 amide bonds. The molecule has 1 aliphatic heterocycles. The van der Waals surface area contributed by atoms with Gasteiger partial charge < -0.3 is 4.90 Å². The maximum absolute atomic E-state index is 8.94. The van der Waals surface area contributed by atoms with Crippen LogP contribution in [0.3, 0.4) is 0 Å². The van der Waals surface area contributed by atoms with Crippen molar-refractivity contribution in [2.45, 2.75) is 19.3 Å². The highest BCUT2D eigenvalue weighted by atomic mass is 15.2. The zero-order valence-electron chi connectivity index (χ0n) is 18.2. The van der Waals surface area contributed by atoms with E-state index in [1.165, 1.54) is 28.7 Å². The van der Waals surface area contributed by atoms with Gasteiger partial charge in [0.2, 0.25) is 0 Å². The third kappa shape index (κ3) is 3.66. The number of fused-ring (bicyclic) bond motifs is 2. The van der Waals surface area contributed by atoms with Crippen LogP contribution in [0.5, 0.6) is 0 Å². The minimum absolute atomic E-state index is 0.0942. The van der Waals surface area contributed by atoms with E-state index in [9.17, 15) is 0 Å². The van der Waals surface area contributed by atoms with E-state index >= 15 is 0 Å². The smallest absolute Gasteiger partial charge is 0.0985 e. The highest BCUT2D eigenvalue weighted by Crippen LogP contribution is 2.51. The number of allylic oxidation sites excluding steroid dienone is 4. The lowest BCUT2D eigenvalue weighted by Crippen LogP contribution is -2.30. The molecule has 32 heavy (non-hydrogen) atoms. The average Bonchev–Trinajstić information content (AvgIpc) is 2.82. The molecule has 4 nitrogen and oxygen atoms in total. The average molecular weight is 417 g/mol. The monoisotopic (exact) mass is 416 g/mol. The minimum atomic E-state index is -0.0942. The van der Waals surface area contributed by atoms with Crippen molar-refractivity contribution in [3.63, 3.8) is 0 Å². The fraction of sp³-hybridized carbons (Fsp3) is 0.107. The lowest BCUT2D eigenvalue weighted by Gasteiger charge is -2.42. The highest BCUT2D eigenvalue weighted by Gasteiger charge is 2.36. The molecule has 0 radical (unpaired) electrons. The van der Waals surface area contributed by atoms with Crippen molar-refractivity contribution in [1.82, 2.24) is 0 Å². The summed E-state index contributed by atoms with van der Waals surface area (Å²) in [6, 6.07) is 27.3. The molecule has 0 atom stereocenters. The zero-order valence-corrected chi connectivity index (χ0v) is 18.2. The van der Waals surface area contributed by atoms with E-state index < -0.39 is 0 Å². The van der Waals surface area contributed by atoms with Crippen LogP contribution in [0.2, 0.25) is 0 Å². The number of para-hydroxylation sites is 2. The molecule has 156 valence electrons. The molecule has 0 aliphatic carbocycles. The second-order valence-electron chi connectivity index (χ2n) is 8.23. The maximum Gasteiger partial charge on any atom is 0.0985 e. The van der Waals surface area contributed by atoms with E-state index in [0.717, 1.165) is 16.8 Å². The van der Waals surface area contributed by atoms with E-state index in [1.54, 1.807) is 12.2 Å². The Morgan fingerprint density at radius 2 is 1.50 bits per heavy atom. The van der Waals surface area contributed by atoms with Gasteiger partial charge in [-0.1, -0.05) is 75.0 Å². The van der Waals surface area contributed by atoms with E-state index in [0.29, 0.717) is 5.57 Å². The molecule has 0 bridgehead atoms. The van der Waals surface area contributed by atoms with Gasteiger partial charge in [0, 0.05) is 22.2 Å². The number of hydrogen-bond donors (Lipinski definition) is 1. The molecule has 1 N–H and O–H groups in total. The Morgan fingerprint density at radius 3 is 2.03 bits per heavy atom. The number of rotatable bonds is 5. The van der Waals surface area contributed by atoms with Crippen molar-refractivity contribution in [3.8, 4) is 6.07 Å². The third-order valence-electron chi connectivity index (χ3n) is 5.91. The summed E-state index contributed by atoms with van der Waals surface area (Å²) in [4.78, 5) is 2.30. The van der Waals surface area contributed by atoms with Crippen LogP contribution in [0.1, 0.15) is 30.5 Å². The van der Waals surface area contributed by atoms with Crippen LogP contribution in [0.4, 0.5) is 17.1 Å². The Hall–Kier alpha value is -4.23. The number of hydrogen-bond acceptors (Lipinski definition) is 4. The standard InChI is InChI=1S/C28H24N4/c1-20(18-29)12-13-22(19-31-30)21-14-16-23(17-15-21)32-26-10-6-4-8-24(26)28(2,3)25-9-5-7-11-27(25)32/h4-17,19,30H,1H2,2-3H3/b13-12-,22-19+,31-30?. The van der Waals surface area contributed by atoms with Gasteiger partial charge in [0.25, 0.3) is 0 Å². The molecular weight excluding hydrogens is 392 g/mol. The lowest BCUT2D eigenvalue weighted by atomic mass is 9.73. The van der Waals surface area contributed by atoms with Gasteiger partial charge in [0.15, 0.2) is 0 Å². The summed E-state index contributed by atoms with van der Waals surface area (Å²) in [5.41, 5.74) is 15.1. The van der Waals surface area contributed by atoms with E-state index in [1.807, 2.05) is 18.2 Å². The Kier molecular flexibility index (Phi) is 5.57. The Bertz CT molecular complexity index is 1240. The van der Waals surface area contributed by atoms with Gasteiger partial charge in [-0.05, 0) is 47.0 Å². The van der Waals surface area contributed by atoms with Gasteiger partial charge in [-0.2, -0.15) is 10.4 Å². The molecule has 0 aromatic heterocycles. The first-order valence-electron chi connectivity index (χ1n) is 10.4. The van der Waals surface area contributed by atoms with Gasteiger partial charge >= 0.3 is 0 Å². The molecule has 1 heterocycles. The molecule has 0 fully saturated rings. The summed E-state index contributed by atoms with van der Waals surface area (Å²) in [7, 11) is 0. The van der Waals surface area contributed by atoms with Gasteiger partial charge in [-0.15, -0.1) is 0 Å². The summed E-state index contributed by atoms with van der Waals surface area (Å²) in [5.74, 6) is 0. The van der Waals surface area contributed by atoms with Gasteiger partial charge in [-0.25, -0.2) is 5.53 Å². The third-order valence-corrected chi connectivity index (χ3v) is 5.91. The quantitative estimate of drug-likeness (QED) is 0.262. The molecule has 0 unspecified atom stereocenters. The van der Waals surface area contributed by atoms with E-state index in [-0.39, 0.29) is 5.41 Å². The van der Waals surface area contributed by atoms with Crippen molar-refractivity contribution < 1.29 is 0 Å². The van der Waals surface area contributed by atoms with E-state index in [2.05, 4.69) is 91.1 Å². The lowest BCUT2D eigenvalue weighted by molar-refractivity contribution is 0.632. The first kappa shape index (κ1) is 21.0. The number of nitrogens with zero attached hydrogens (tertiary/aromatic N) is 3. The minimum Gasteiger partial charge on any atom is -0.310 e. The van der Waals surface area contributed by atoms with Crippen LogP contribution < -0.4 is 4.90 Å². The van der Waals surface area contributed by atoms with Gasteiger partial charge in [-0.3, -0.25) is 0 Å². The molecule has 3 aromatic rings. The molecule has 1 aliphatic rings. The van der Waals surface area contributed by atoms with Crippen LogP contribution in [0, 0.1) is 16.9 Å². The summed E-state index contributed by atoms with van der Waals surface area (Å²) in [6.45, 7) is 8.21. The van der Waals surface area contributed by atoms with Crippen molar-refractivity contribution in [2.75, 3.05) is 4.90 Å². The van der Waals surface area contributed by atoms with Crippen LogP contribution >= 0.6 is 0 Å². The molecule has 0 saturated carbocycles. The van der Waals surface area contributed by atoms with E-state index in [4.69, 9.17) is 10.8 Å². The zero-order chi connectivity index (χ0) is 22.7. The maximum atomic E-state index is 8.94. The summed E-state index contributed by atoms with van der Waals surface area (Å²) in [5, 5.41) is 12.4. The number of nitriles is 1. The largest absolute Gasteiger partial charge is 0.310 e. The SMILES string of the molecule is C=C(C#N)/C=C\C(=C/N=N)c1ccc(N2c3ccccc3C(C)(C)c3ccccc32)cc1. The predicted molar refractivity (Wildman–Crippen MR) is 130 cm³/mol.